The first-order valence-corrected chi connectivity index (χ1v) is 9.01. The van der Waals surface area contributed by atoms with Gasteiger partial charge in [0, 0.05) is 43.0 Å². The maximum absolute atomic E-state index is 12.4. The number of pyridine rings is 1. The van der Waals surface area contributed by atoms with Crippen LogP contribution in [0.1, 0.15) is 43.6 Å². The van der Waals surface area contributed by atoms with E-state index in [1.165, 1.54) is 24.8 Å². The molecule has 0 radical (unpaired) electrons. The minimum atomic E-state index is -0.248. The Morgan fingerprint density at radius 3 is 2.92 bits per heavy atom. The van der Waals surface area contributed by atoms with Crippen LogP contribution in [-0.4, -0.2) is 44.5 Å². The molecule has 1 unspecified atom stereocenters. The van der Waals surface area contributed by atoms with Gasteiger partial charge >= 0.3 is 0 Å². The number of aliphatic hydroxyl groups excluding tert-OH is 1. The summed E-state index contributed by atoms with van der Waals surface area (Å²) in [6.07, 6.45) is 10.6. The summed E-state index contributed by atoms with van der Waals surface area (Å²) in [6, 6.07) is 4.43. The highest BCUT2D eigenvalue weighted by molar-refractivity contribution is 5.80. The average Bonchev–Trinajstić information content (AvgIpc) is 3.15. The Kier molecular flexibility index (Phi) is 3.05. The number of carbonyl (C=O) groups excluding carboxylic acids is 1. The minimum absolute atomic E-state index is 0.0809. The first-order chi connectivity index (χ1) is 11.6. The quantitative estimate of drug-likeness (QED) is 0.921. The third-order valence-electron chi connectivity index (χ3n) is 6.42. The van der Waals surface area contributed by atoms with E-state index < -0.39 is 0 Å². The van der Waals surface area contributed by atoms with E-state index in [0.29, 0.717) is 24.2 Å². The van der Waals surface area contributed by atoms with Crippen LogP contribution in [0.25, 0.3) is 5.65 Å². The molecule has 126 valence electrons. The molecule has 1 N–H and O–H groups in total. The normalized spacial score (nSPS) is 31.2. The third-order valence-corrected chi connectivity index (χ3v) is 6.42. The van der Waals surface area contributed by atoms with Gasteiger partial charge in [-0.3, -0.25) is 4.79 Å². The fraction of sp³-hybridized carbons (Fsp3) is 0.579. The Balaban J connectivity index is 1.24. The molecule has 1 amide bonds. The van der Waals surface area contributed by atoms with Gasteiger partial charge in [0.15, 0.2) is 0 Å². The number of hydrogen-bond donors (Lipinski definition) is 1. The molecular formula is C19H23N3O2. The summed E-state index contributed by atoms with van der Waals surface area (Å²) < 4.78 is 2.05. The summed E-state index contributed by atoms with van der Waals surface area (Å²) in [5, 5.41) is 9.39. The van der Waals surface area contributed by atoms with Crippen LogP contribution in [0.15, 0.2) is 30.7 Å². The number of aliphatic hydroxyl groups is 1. The molecule has 2 aromatic heterocycles. The molecule has 1 spiro atoms. The number of hydrogen-bond acceptors (Lipinski definition) is 3. The number of aromatic nitrogens is 2. The van der Waals surface area contributed by atoms with Crippen molar-refractivity contribution in [2.75, 3.05) is 13.1 Å². The van der Waals surface area contributed by atoms with Crippen LogP contribution < -0.4 is 0 Å². The van der Waals surface area contributed by atoms with Crippen molar-refractivity contribution in [1.82, 2.24) is 14.3 Å². The van der Waals surface area contributed by atoms with E-state index in [0.717, 1.165) is 18.7 Å². The predicted octanol–water partition coefficient (Wildman–Crippen LogP) is 2.20. The lowest BCUT2D eigenvalue weighted by Crippen LogP contribution is -2.60. The highest BCUT2D eigenvalue weighted by atomic mass is 16.3. The molecule has 0 aromatic carbocycles. The Morgan fingerprint density at radius 1 is 1.29 bits per heavy atom. The van der Waals surface area contributed by atoms with Gasteiger partial charge < -0.3 is 14.4 Å². The fourth-order valence-corrected chi connectivity index (χ4v) is 4.93. The number of rotatable bonds is 2. The molecule has 1 atom stereocenters. The van der Waals surface area contributed by atoms with Crippen LogP contribution in [0.4, 0.5) is 0 Å². The number of imidazole rings is 1. The zero-order chi connectivity index (χ0) is 16.3. The summed E-state index contributed by atoms with van der Waals surface area (Å²) in [4.78, 5) is 18.8. The van der Waals surface area contributed by atoms with Gasteiger partial charge in [-0.1, -0.05) is 0 Å². The van der Waals surface area contributed by atoms with Crippen LogP contribution in [0.2, 0.25) is 0 Å². The predicted molar refractivity (Wildman–Crippen MR) is 89.5 cm³/mol. The largest absolute Gasteiger partial charge is 0.393 e. The average molecular weight is 325 g/mol. The summed E-state index contributed by atoms with van der Waals surface area (Å²) in [5.41, 5.74) is 2.74. The highest BCUT2D eigenvalue weighted by Gasteiger charge is 2.51. The number of nitrogens with zero attached hydrogens (tertiary/aromatic N) is 3. The molecule has 2 aromatic rings. The molecule has 0 bridgehead atoms. The molecule has 1 aliphatic heterocycles. The van der Waals surface area contributed by atoms with Gasteiger partial charge in [0.05, 0.1) is 6.10 Å². The summed E-state index contributed by atoms with van der Waals surface area (Å²) in [5.74, 6) is 0.944. The molecule has 24 heavy (non-hydrogen) atoms. The van der Waals surface area contributed by atoms with Crippen molar-refractivity contribution < 1.29 is 9.90 Å². The van der Waals surface area contributed by atoms with E-state index in [1.807, 2.05) is 21.7 Å². The molecule has 3 fully saturated rings. The zero-order valence-corrected chi connectivity index (χ0v) is 13.8. The van der Waals surface area contributed by atoms with Gasteiger partial charge in [-0.2, -0.15) is 0 Å². The maximum atomic E-state index is 12.4. The van der Waals surface area contributed by atoms with Crippen LogP contribution in [0.3, 0.4) is 0 Å². The molecule has 3 heterocycles. The van der Waals surface area contributed by atoms with Crippen molar-refractivity contribution in [2.24, 2.45) is 11.3 Å². The molecule has 1 saturated heterocycles. The summed E-state index contributed by atoms with van der Waals surface area (Å²) >= 11 is 0. The van der Waals surface area contributed by atoms with Gasteiger partial charge in [-0.25, -0.2) is 4.98 Å². The molecule has 5 nitrogen and oxygen atoms in total. The Bertz CT molecular complexity index is 787. The van der Waals surface area contributed by atoms with Crippen LogP contribution in [0, 0.1) is 11.3 Å². The minimum Gasteiger partial charge on any atom is -0.393 e. The highest BCUT2D eigenvalue weighted by Crippen LogP contribution is 2.52. The lowest BCUT2D eigenvalue weighted by Gasteiger charge is -2.50. The van der Waals surface area contributed by atoms with Crippen LogP contribution in [0.5, 0.6) is 0 Å². The maximum Gasteiger partial charge on any atom is 0.225 e. The van der Waals surface area contributed by atoms with Crippen molar-refractivity contribution in [3.05, 3.63) is 36.3 Å². The van der Waals surface area contributed by atoms with Crippen molar-refractivity contribution >= 4 is 11.6 Å². The second-order valence-corrected chi connectivity index (χ2v) is 8.11. The zero-order valence-electron chi connectivity index (χ0n) is 13.8. The second kappa shape index (κ2) is 5.06. The van der Waals surface area contributed by atoms with Crippen LogP contribution in [-0.2, 0) is 4.79 Å². The monoisotopic (exact) mass is 325 g/mol. The van der Waals surface area contributed by atoms with Crippen molar-refractivity contribution in [3.63, 3.8) is 0 Å². The lowest BCUT2D eigenvalue weighted by atomic mass is 9.74. The number of likely N-dealkylation sites (tertiary alicyclic amines) is 1. The Labute approximate surface area is 141 Å². The standard InChI is InChI=1S/C19H23N3O2/c23-16-7-15(8-16)18(24)22-11-19(12-22)3-1-14(10-19)13-2-5-21-6-4-20-17(21)9-13/h2,4-6,9,14-16,23H,1,3,7-8,10-12H2/t14?,15-,16+. The number of carbonyl (C=O) groups is 1. The van der Waals surface area contributed by atoms with Gasteiger partial charge in [-0.15, -0.1) is 0 Å². The van der Waals surface area contributed by atoms with Crippen molar-refractivity contribution in [3.8, 4) is 0 Å². The van der Waals surface area contributed by atoms with E-state index in [4.69, 9.17) is 0 Å². The van der Waals surface area contributed by atoms with Gasteiger partial charge in [0.25, 0.3) is 0 Å². The molecular weight excluding hydrogens is 302 g/mol. The van der Waals surface area contributed by atoms with Gasteiger partial charge in [0.1, 0.15) is 5.65 Å². The molecule has 5 heteroatoms. The molecule has 3 aliphatic rings. The fourth-order valence-electron chi connectivity index (χ4n) is 4.93. The molecule has 5 rings (SSSR count). The van der Waals surface area contributed by atoms with Crippen molar-refractivity contribution in [1.29, 1.82) is 0 Å². The Morgan fingerprint density at radius 2 is 2.12 bits per heavy atom. The van der Waals surface area contributed by atoms with E-state index >= 15 is 0 Å². The Hall–Kier alpha value is -1.88. The van der Waals surface area contributed by atoms with Crippen LogP contribution >= 0.6 is 0 Å². The first kappa shape index (κ1) is 14.5. The number of fused-ring (bicyclic) bond motifs is 1. The molecule has 2 aliphatic carbocycles. The van der Waals surface area contributed by atoms with E-state index in [2.05, 4.69) is 23.3 Å². The smallest absolute Gasteiger partial charge is 0.225 e. The van der Waals surface area contributed by atoms with Crippen molar-refractivity contribution in [2.45, 2.75) is 44.1 Å². The first-order valence-electron chi connectivity index (χ1n) is 9.01. The second-order valence-electron chi connectivity index (χ2n) is 8.11. The SMILES string of the molecule is O=C([C@H]1C[C@@H](O)C1)N1CC2(CCC(c3ccn4ccnc4c3)C2)C1. The van der Waals surface area contributed by atoms with Gasteiger partial charge in [-0.05, 0) is 55.7 Å². The van der Waals surface area contributed by atoms with E-state index in [1.54, 1.807) is 0 Å². The lowest BCUT2D eigenvalue weighted by molar-refractivity contribution is -0.154. The van der Waals surface area contributed by atoms with E-state index in [9.17, 15) is 9.90 Å². The molecule has 2 saturated carbocycles. The number of amides is 1. The summed E-state index contributed by atoms with van der Waals surface area (Å²) in [7, 11) is 0. The topological polar surface area (TPSA) is 57.8 Å². The van der Waals surface area contributed by atoms with Gasteiger partial charge in [0.2, 0.25) is 5.91 Å². The van der Waals surface area contributed by atoms with E-state index in [-0.39, 0.29) is 17.9 Å². The third kappa shape index (κ3) is 2.18. The summed E-state index contributed by atoms with van der Waals surface area (Å²) in [6.45, 7) is 1.83.